The number of carbonyl (C=O) groups is 1. The van der Waals surface area contributed by atoms with Crippen LogP contribution in [0.3, 0.4) is 0 Å². The minimum atomic E-state index is -0.0174. The first kappa shape index (κ1) is 12.7. The van der Waals surface area contributed by atoms with E-state index in [0.717, 1.165) is 30.8 Å². The largest absolute Gasteiger partial charge is 0.385 e. The lowest BCUT2D eigenvalue weighted by atomic mass is 10.0. The van der Waals surface area contributed by atoms with E-state index in [9.17, 15) is 4.79 Å². The number of fused-ring (bicyclic) bond motifs is 1. The Labute approximate surface area is 117 Å². The predicted molar refractivity (Wildman–Crippen MR) is 76.5 cm³/mol. The van der Waals surface area contributed by atoms with Gasteiger partial charge in [0.2, 0.25) is 5.91 Å². The predicted octanol–water partition coefficient (Wildman–Crippen LogP) is 1.66. The van der Waals surface area contributed by atoms with Crippen molar-refractivity contribution in [1.82, 2.24) is 15.0 Å². The van der Waals surface area contributed by atoms with Crippen molar-refractivity contribution in [3.63, 3.8) is 0 Å². The molecule has 1 aliphatic rings. The summed E-state index contributed by atoms with van der Waals surface area (Å²) >= 11 is 0. The van der Waals surface area contributed by atoms with E-state index in [2.05, 4.69) is 27.0 Å². The molecule has 1 aliphatic heterocycles. The highest BCUT2D eigenvalue weighted by atomic mass is 16.1. The molecule has 20 heavy (non-hydrogen) atoms. The molecule has 1 amide bonds. The second-order valence-corrected chi connectivity index (χ2v) is 4.87. The second kappa shape index (κ2) is 5.73. The highest BCUT2D eigenvalue weighted by Gasteiger charge is 2.10. The van der Waals surface area contributed by atoms with E-state index < -0.39 is 0 Å². The number of benzene rings is 1. The number of anilines is 2. The van der Waals surface area contributed by atoms with Crippen molar-refractivity contribution in [1.29, 1.82) is 0 Å². The molecular formula is C14H17N5O. The van der Waals surface area contributed by atoms with Crippen molar-refractivity contribution in [3.8, 4) is 0 Å². The molecule has 1 aromatic carbocycles. The molecule has 0 atom stereocenters. The molecule has 6 nitrogen and oxygen atoms in total. The topological polar surface area (TPSA) is 71.8 Å². The van der Waals surface area contributed by atoms with E-state index in [-0.39, 0.29) is 5.91 Å². The number of amides is 1. The Morgan fingerprint density at radius 3 is 3.25 bits per heavy atom. The molecule has 0 saturated carbocycles. The molecule has 1 aromatic heterocycles. The van der Waals surface area contributed by atoms with Crippen LogP contribution in [0.2, 0.25) is 0 Å². The molecule has 0 radical (unpaired) electrons. The molecule has 0 fully saturated rings. The minimum Gasteiger partial charge on any atom is -0.385 e. The monoisotopic (exact) mass is 271 g/mol. The van der Waals surface area contributed by atoms with Crippen molar-refractivity contribution in [2.24, 2.45) is 0 Å². The molecule has 104 valence electrons. The summed E-state index contributed by atoms with van der Waals surface area (Å²) in [6, 6.07) is 6.04. The van der Waals surface area contributed by atoms with Gasteiger partial charge < -0.3 is 10.6 Å². The van der Waals surface area contributed by atoms with Gasteiger partial charge in [-0.3, -0.25) is 9.48 Å². The third kappa shape index (κ3) is 2.96. The third-order valence-corrected chi connectivity index (χ3v) is 3.37. The molecule has 2 aromatic rings. The van der Waals surface area contributed by atoms with Gasteiger partial charge in [-0.15, -0.1) is 5.10 Å². The zero-order valence-corrected chi connectivity index (χ0v) is 11.2. The first-order valence-electron chi connectivity index (χ1n) is 6.82. The average Bonchev–Trinajstić information content (AvgIpc) is 2.98. The van der Waals surface area contributed by atoms with Crippen LogP contribution in [0.4, 0.5) is 11.4 Å². The van der Waals surface area contributed by atoms with Crippen LogP contribution < -0.4 is 10.6 Å². The van der Waals surface area contributed by atoms with E-state index >= 15 is 0 Å². The maximum atomic E-state index is 11.9. The molecular weight excluding hydrogens is 254 g/mol. The Balaban J connectivity index is 1.58. The normalized spacial score (nSPS) is 13.4. The smallest absolute Gasteiger partial charge is 0.226 e. The maximum Gasteiger partial charge on any atom is 0.226 e. The van der Waals surface area contributed by atoms with Crippen molar-refractivity contribution in [2.75, 3.05) is 17.2 Å². The Bertz CT molecular complexity index is 594. The van der Waals surface area contributed by atoms with Gasteiger partial charge in [-0.05, 0) is 30.5 Å². The Hall–Kier alpha value is -2.37. The number of nitrogens with zero attached hydrogens (tertiary/aromatic N) is 3. The summed E-state index contributed by atoms with van der Waals surface area (Å²) in [5.74, 6) is -0.0174. The standard InChI is InChI=1S/C14H17N5O/c20-14(5-8-19-9-7-16-18-19)17-12-4-3-11-2-1-6-15-13(11)10-12/h3-4,7,9-10,15H,1-2,5-6,8H2,(H,17,20). The van der Waals surface area contributed by atoms with Crippen molar-refractivity contribution in [2.45, 2.75) is 25.8 Å². The summed E-state index contributed by atoms with van der Waals surface area (Å²) in [6.07, 6.45) is 6.00. The molecule has 0 saturated heterocycles. The molecule has 2 N–H and O–H groups in total. The van der Waals surface area contributed by atoms with Crippen LogP contribution >= 0.6 is 0 Å². The van der Waals surface area contributed by atoms with Gasteiger partial charge in [-0.25, -0.2) is 0 Å². The molecule has 0 aliphatic carbocycles. The van der Waals surface area contributed by atoms with E-state index in [1.54, 1.807) is 17.1 Å². The molecule has 6 heteroatoms. The van der Waals surface area contributed by atoms with Crippen molar-refractivity contribution >= 4 is 17.3 Å². The van der Waals surface area contributed by atoms with Crippen molar-refractivity contribution < 1.29 is 4.79 Å². The van der Waals surface area contributed by atoms with Crippen LogP contribution in [-0.2, 0) is 17.8 Å². The summed E-state index contributed by atoms with van der Waals surface area (Å²) in [7, 11) is 0. The number of carbonyl (C=O) groups excluding carboxylic acids is 1. The zero-order chi connectivity index (χ0) is 13.8. The van der Waals surface area contributed by atoms with Gasteiger partial charge in [-0.1, -0.05) is 11.3 Å². The second-order valence-electron chi connectivity index (χ2n) is 4.87. The summed E-state index contributed by atoms with van der Waals surface area (Å²) in [5.41, 5.74) is 3.28. The summed E-state index contributed by atoms with van der Waals surface area (Å²) in [4.78, 5) is 11.9. The van der Waals surface area contributed by atoms with Crippen LogP contribution in [0, 0.1) is 0 Å². The fourth-order valence-electron chi connectivity index (χ4n) is 2.33. The highest BCUT2D eigenvalue weighted by Crippen LogP contribution is 2.25. The number of nitrogens with one attached hydrogen (secondary N) is 2. The molecule has 0 spiro atoms. The van der Waals surface area contributed by atoms with Crippen LogP contribution in [0.5, 0.6) is 0 Å². The number of aryl methyl sites for hydroxylation is 2. The highest BCUT2D eigenvalue weighted by molar-refractivity contribution is 5.91. The van der Waals surface area contributed by atoms with Gasteiger partial charge in [0, 0.05) is 30.5 Å². The van der Waals surface area contributed by atoms with Crippen LogP contribution in [0.25, 0.3) is 0 Å². The minimum absolute atomic E-state index is 0.0174. The first-order valence-corrected chi connectivity index (χ1v) is 6.82. The summed E-state index contributed by atoms with van der Waals surface area (Å²) in [6.45, 7) is 1.53. The third-order valence-electron chi connectivity index (χ3n) is 3.37. The lowest BCUT2D eigenvalue weighted by Gasteiger charge is -2.18. The quantitative estimate of drug-likeness (QED) is 0.887. The van der Waals surface area contributed by atoms with Gasteiger partial charge in [0.1, 0.15) is 0 Å². The average molecular weight is 271 g/mol. The summed E-state index contributed by atoms with van der Waals surface area (Å²) in [5, 5.41) is 13.8. The lowest BCUT2D eigenvalue weighted by molar-refractivity contribution is -0.116. The number of hydrogen-bond donors (Lipinski definition) is 2. The Morgan fingerprint density at radius 1 is 1.45 bits per heavy atom. The summed E-state index contributed by atoms with van der Waals surface area (Å²) < 4.78 is 1.65. The van der Waals surface area contributed by atoms with E-state index in [1.165, 1.54) is 5.56 Å². The number of hydrogen-bond acceptors (Lipinski definition) is 4. The lowest BCUT2D eigenvalue weighted by Crippen LogP contribution is -2.16. The Morgan fingerprint density at radius 2 is 2.40 bits per heavy atom. The van der Waals surface area contributed by atoms with E-state index in [1.807, 2.05) is 12.1 Å². The zero-order valence-electron chi connectivity index (χ0n) is 11.2. The van der Waals surface area contributed by atoms with Gasteiger partial charge >= 0.3 is 0 Å². The van der Waals surface area contributed by atoms with Crippen LogP contribution in [-0.4, -0.2) is 27.4 Å². The molecule has 3 rings (SSSR count). The van der Waals surface area contributed by atoms with Crippen molar-refractivity contribution in [3.05, 3.63) is 36.2 Å². The fourth-order valence-corrected chi connectivity index (χ4v) is 2.33. The molecule has 0 unspecified atom stereocenters. The van der Waals surface area contributed by atoms with E-state index in [4.69, 9.17) is 0 Å². The van der Waals surface area contributed by atoms with Gasteiger partial charge in [-0.2, -0.15) is 0 Å². The van der Waals surface area contributed by atoms with Crippen LogP contribution in [0.15, 0.2) is 30.6 Å². The number of rotatable bonds is 4. The first-order chi connectivity index (χ1) is 9.81. The molecule has 0 bridgehead atoms. The number of aromatic nitrogens is 3. The van der Waals surface area contributed by atoms with E-state index in [0.29, 0.717) is 13.0 Å². The Kier molecular flexibility index (Phi) is 3.62. The van der Waals surface area contributed by atoms with Gasteiger partial charge in [0.05, 0.1) is 12.7 Å². The maximum absolute atomic E-state index is 11.9. The fraction of sp³-hybridized carbons (Fsp3) is 0.357. The molecule has 2 heterocycles. The SMILES string of the molecule is O=C(CCn1ccnn1)Nc1ccc2c(c1)NCCC2. The van der Waals surface area contributed by atoms with Crippen LogP contribution in [0.1, 0.15) is 18.4 Å². The van der Waals surface area contributed by atoms with Gasteiger partial charge in [0.15, 0.2) is 0 Å². The van der Waals surface area contributed by atoms with Gasteiger partial charge in [0.25, 0.3) is 0 Å².